The maximum absolute atomic E-state index is 13.3. The SMILES string of the molecule is CC(C)(C)OC(=O)NC(Cc1ccccc1)C(=O)N1CCC(C(=O)NC(CC(=O)O)C(=O)O)CC1. The summed E-state index contributed by atoms with van der Waals surface area (Å²) in [4.78, 5) is 61.8. The van der Waals surface area contributed by atoms with Crippen molar-refractivity contribution in [1.29, 1.82) is 0 Å². The summed E-state index contributed by atoms with van der Waals surface area (Å²) in [6.07, 6.45) is -0.618. The van der Waals surface area contributed by atoms with Crippen molar-refractivity contribution in [1.82, 2.24) is 15.5 Å². The largest absolute Gasteiger partial charge is 0.481 e. The van der Waals surface area contributed by atoms with Gasteiger partial charge in [0.15, 0.2) is 0 Å². The molecule has 0 radical (unpaired) electrons. The number of carboxylic acids is 2. The molecule has 4 N–H and O–H groups in total. The number of aliphatic carboxylic acids is 2. The highest BCUT2D eigenvalue weighted by atomic mass is 16.6. The van der Waals surface area contributed by atoms with Crippen molar-refractivity contribution in [2.75, 3.05) is 13.1 Å². The number of carbonyl (C=O) groups excluding carboxylic acids is 3. The van der Waals surface area contributed by atoms with Gasteiger partial charge in [0.1, 0.15) is 17.7 Å². The second-order valence-corrected chi connectivity index (χ2v) is 9.49. The molecule has 2 unspecified atom stereocenters. The highest BCUT2D eigenvalue weighted by Crippen LogP contribution is 2.20. The van der Waals surface area contributed by atoms with E-state index in [0.717, 1.165) is 5.56 Å². The fraction of sp³-hybridized carbons (Fsp3) is 0.542. The van der Waals surface area contributed by atoms with Gasteiger partial charge in [0.05, 0.1) is 6.42 Å². The quantitative estimate of drug-likeness (QED) is 0.403. The van der Waals surface area contributed by atoms with Gasteiger partial charge in [-0.1, -0.05) is 30.3 Å². The molecule has 1 aromatic rings. The molecule has 1 heterocycles. The molecule has 35 heavy (non-hydrogen) atoms. The fourth-order valence-corrected chi connectivity index (χ4v) is 3.75. The lowest BCUT2D eigenvalue weighted by atomic mass is 9.94. The molecule has 0 saturated carbocycles. The van der Waals surface area contributed by atoms with Gasteiger partial charge in [-0.2, -0.15) is 0 Å². The minimum absolute atomic E-state index is 0.231. The lowest BCUT2D eigenvalue weighted by Gasteiger charge is -2.34. The normalized spacial score (nSPS) is 16.0. The van der Waals surface area contributed by atoms with Crippen LogP contribution >= 0.6 is 0 Å². The Balaban J connectivity index is 2.02. The third-order valence-electron chi connectivity index (χ3n) is 5.44. The molecule has 1 aromatic carbocycles. The average molecular weight is 492 g/mol. The number of ether oxygens (including phenoxy) is 1. The van der Waals surface area contributed by atoms with Gasteiger partial charge in [-0.25, -0.2) is 9.59 Å². The van der Waals surface area contributed by atoms with E-state index in [1.807, 2.05) is 30.3 Å². The Morgan fingerprint density at radius 3 is 2.11 bits per heavy atom. The summed E-state index contributed by atoms with van der Waals surface area (Å²) in [6.45, 7) is 5.63. The van der Waals surface area contributed by atoms with Gasteiger partial charge in [0.2, 0.25) is 11.8 Å². The standard InChI is InChI=1S/C24H33N3O8/c1-24(2,3)35-23(34)26-17(13-15-7-5-4-6-8-15)21(31)27-11-9-16(10-12-27)20(30)25-18(22(32)33)14-19(28)29/h4-8,16-18H,9-14H2,1-3H3,(H,25,30)(H,26,34)(H,28,29)(H,32,33). The first kappa shape index (κ1) is 27.6. The first-order valence-corrected chi connectivity index (χ1v) is 11.4. The zero-order chi connectivity index (χ0) is 26.2. The molecule has 192 valence electrons. The number of hydrogen-bond donors (Lipinski definition) is 4. The van der Waals surface area contributed by atoms with Crippen LogP contribution in [0.15, 0.2) is 30.3 Å². The topological polar surface area (TPSA) is 162 Å². The van der Waals surface area contributed by atoms with Gasteiger partial charge >= 0.3 is 18.0 Å². The van der Waals surface area contributed by atoms with Crippen LogP contribution in [0.5, 0.6) is 0 Å². The molecule has 1 aliphatic rings. The van der Waals surface area contributed by atoms with Crippen LogP contribution in [-0.4, -0.2) is 75.7 Å². The molecule has 2 rings (SSSR count). The Labute approximate surface area is 203 Å². The number of benzene rings is 1. The molecule has 3 amide bonds. The molecule has 11 nitrogen and oxygen atoms in total. The summed E-state index contributed by atoms with van der Waals surface area (Å²) in [6, 6.07) is 6.83. The van der Waals surface area contributed by atoms with Crippen LogP contribution < -0.4 is 10.6 Å². The van der Waals surface area contributed by atoms with Crippen molar-refractivity contribution in [3.05, 3.63) is 35.9 Å². The van der Waals surface area contributed by atoms with Gasteiger partial charge in [-0.15, -0.1) is 0 Å². The number of hydrogen-bond acceptors (Lipinski definition) is 6. The molecule has 2 atom stereocenters. The van der Waals surface area contributed by atoms with Crippen LogP contribution in [0.25, 0.3) is 0 Å². The number of rotatable bonds is 9. The molecule has 0 aliphatic carbocycles. The Kier molecular flexibility index (Phi) is 9.61. The summed E-state index contributed by atoms with van der Waals surface area (Å²) >= 11 is 0. The Bertz CT molecular complexity index is 920. The number of nitrogens with one attached hydrogen (secondary N) is 2. The van der Waals surface area contributed by atoms with Gasteiger partial charge in [-0.05, 0) is 39.2 Å². The molecule has 1 fully saturated rings. The van der Waals surface area contributed by atoms with Crippen molar-refractivity contribution in [2.24, 2.45) is 5.92 Å². The molecule has 1 saturated heterocycles. The smallest absolute Gasteiger partial charge is 0.408 e. The average Bonchev–Trinajstić information content (AvgIpc) is 2.77. The summed E-state index contributed by atoms with van der Waals surface area (Å²) in [7, 11) is 0. The molecule has 0 aromatic heterocycles. The van der Waals surface area contributed by atoms with Crippen LogP contribution in [-0.2, 0) is 30.3 Å². The van der Waals surface area contributed by atoms with Gasteiger partial charge < -0.3 is 30.5 Å². The van der Waals surface area contributed by atoms with E-state index in [-0.39, 0.29) is 38.3 Å². The lowest BCUT2D eigenvalue weighted by Crippen LogP contribution is -2.53. The zero-order valence-corrected chi connectivity index (χ0v) is 20.2. The minimum Gasteiger partial charge on any atom is -0.481 e. The summed E-state index contributed by atoms with van der Waals surface area (Å²) in [5.74, 6) is -4.18. The monoisotopic (exact) mass is 491 g/mol. The maximum atomic E-state index is 13.3. The third-order valence-corrected chi connectivity index (χ3v) is 5.44. The number of carboxylic acid groups (broad SMARTS) is 2. The zero-order valence-electron chi connectivity index (χ0n) is 20.2. The van der Waals surface area contributed by atoms with Crippen LogP contribution in [0.2, 0.25) is 0 Å². The van der Waals surface area contributed by atoms with E-state index >= 15 is 0 Å². The van der Waals surface area contributed by atoms with Crippen molar-refractivity contribution in [2.45, 2.75) is 64.1 Å². The Hall–Kier alpha value is -3.63. The first-order valence-electron chi connectivity index (χ1n) is 11.4. The summed E-state index contributed by atoms with van der Waals surface area (Å²) in [5, 5.41) is 22.9. The van der Waals surface area contributed by atoms with Crippen molar-refractivity contribution in [3.8, 4) is 0 Å². The number of piperidine rings is 1. The predicted octanol–water partition coefficient (Wildman–Crippen LogP) is 1.41. The van der Waals surface area contributed by atoms with Crippen molar-refractivity contribution in [3.63, 3.8) is 0 Å². The number of likely N-dealkylation sites (tertiary alicyclic amines) is 1. The molecule has 0 spiro atoms. The Morgan fingerprint density at radius 2 is 1.60 bits per heavy atom. The van der Waals surface area contributed by atoms with Crippen molar-refractivity contribution >= 4 is 29.8 Å². The van der Waals surface area contributed by atoms with Crippen LogP contribution in [0, 0.1) is 5.92 Å². The molecule has 1 aliphatic heterocycles. The first-order chi connectivity index (χ1) is 16.4. The molecular formula is C24H33N3O8. The molecular weight excluding hydrogens is 458 g/mol. The van der Waals surface area contributed by atoms with E-state index < -0.39 is 54.0 Å². The lowest BCUT2D eigenvalue weighted by molar-refractivity contribution is -0.148. The van der Waals surface area contributed by atoms with E-state index in [0.29, 0.717) is 0 Å². The number of amides is 3. The molecule has 11 heteroatoms. The van der Waals surface area contributed by atoms with E-state index in [1.165, 1.54) is 0 Å². The van der Waals surface area contributed by atoms with Crippen LogP contribution in [0.4, 0.5) is 4.79 Å². The predicted molar refractivity (Wildman–Crippen MR) is 124 cm³/mol. The van der Waals surface area contributed by atoms with Crippen molar-refractivity contribution < 1.29 is 38.9 Å². The summed E-state index contributed by atoms with van der Waals surface area (Å²) < 4.78 is 5.31. The van der Waals surface area contributed by atoms with E-state index in [1.54, 1.807) is 25.7 Å². The number of alkyl carbamates (subject to hydrolysis) is 1. The van der Waals surface area contributed by atoms with E-state index in [9.17, 15) is 24.0 Å². The van der Waals surface area contributed by atoms with Gasteiger partial charge in [-0.3, -0.25) is 14.4 Å². The Morgan fingerprint density at radius 1 is 1.00 bits per heavy atom. The second-order valence-electron chi connectivity index (χ2n) is 9.49. The second kappa shape index (κ2) is 12.2. The number of nitrogens with zero attached hydrogens (tertiary/aromatic N) is 1. The maximum Gasteiger partial charge on any atom is 0.408 e. The third kappa shape index (κ3) is 9.26. The van der Waals surface area contributed by atoms with Gasteiger partial charge in [0, 0.05) is 25.4 Å². The van der Waals surface area contributed by atoms with Crippen LogP contribution in [0.1, 0.15) is 45.6 Å². The highest BCUT2D eigenvalue weighted by molar-refractivity contribution is 5.89. The minimum atomic E-state index is -1.52. The van der Waals surface area contributed by atoms with Gasteiger partial charge in [0.25, 0.3) is 0 Å². The van der Waals surface area contributed by atoms with Crippen LogP contribution in [0.3, 0.4) is 0 Å². The van der Waals surface area contributed by atoms with E-state index in [2.05, 4.69) is 10.6 Å². The fourth-order valence-electron chi connectivity index (χ4n) is 3.75. The highest BCUT2D eigenvalue weighted by Gasteiger charge is 2.34. The van der Waals surface area contributed by atoms with E-state index in [4.69, 9.17) is 14.9 Å². The summed E-state index contributed by atoms with van der Waals surface area (Å²) in [5.41, 5.74) is 0.124. The molecule has 0 bridgehead atoms. The number of carbonyl (C=O) groups is 5.